The average Bonchev–Trinajstić information content (AvgIpc) is 2.95. The molecule has 0 bridgehead atoms. The van der Waals surface area contributed by atoms with E-state index in [9.17, 15) is 9.90 Å². The molecule has 0 aromatic heterocycles. The second-order valence-electron chi connectivity index (χ2n) is 10.5. The van der Waals surface area contributed by atoms with Crippen molar-refractivity contribution in [3.05, 3.63) is 118 Å². The van der Waals surface area contributed by atoms with Gasteiger partial charge in [0.15, 0.2) is 5.60 Å². The van der Waals surface area contributed by atoms with Crippen LogP contribution in [0.25, 0.3) is 16.3 Å². The zero-order chi connectivity index (χ0) is 26.3. The van der Waals surface area contributed by atoms with Crippen molar-refractivity contribution >= 4 is 22.3 Å². The van der Waals surface area contributed by atoms with Gasteiger partial charge in [-0.3, -0.25) is 4.79 Å². The summed E-state index contributed by atoms with van der Waals surface area (Å²) in [6, 6.07) is 29.3. The predicted octanol–water partition coefficient (Wildman–Crippen LogP) is 7.06. The number of carboxylic acid groups (broad SMARTS) is 1. The molecule has 0 spiro atoms. The monoisotopic (exact) mass is 503 g/mol. The highest BCUT2D eigenvalue weighted by atomic mass is 16.5. The molecule has 38 heavy (non-hydrogen) atoms. The number of benzene rings is 4. The normalized spacial score (nSPS) is 19.7. The van der Waals surface area contributed by atoms with Crippen LogP contribution in [0.15, 0.2) is 90.5 Å². The molecule has 4 aromatic carbocycles. The Kier molecular flexibility index (Phi) is 6.29. The molecule has 1 unspecified atom stereocenters. The number of allylic oxidation sites excluding steroid dienone is 1. The Hall–Kier alpha value is -3.89. The van der Waals surface area contributed by atoms with Crippen LogP contribution >= 0.6 is 0 Å². The zero-order valence-corrected chi connectivity index (χ0v) is 22.0. The van der Waals surface area contributed by atoms with Gasteiger partial charge in [0.25, 0.3) is 0 Å². The van der Waals surface area contributed by atoms with E-state index in [0.717, 1.165) is 64.7 Å². The van der Waals surface area contributed by atoms with Crippen LogP contribution in [-0.4, -0.2) is 24.2 Å². The summed E-state index contributed by atoms with van der Waals surface area (Å²) in [5, 5.41) is 15.2. The lowest BCUT2D eigenvalue weighted by molar-refractivity contribution is -0.136. The molecule has 2 aliphatic rings. The van der Waals surface area contributed by atoms with Crippen molar-refractivity contribution in [1.82, 2.24) is 5.32 Å². The number of carbonyl (C=O) groups is 1. The van der Waals surface area contributed by atoms with Crippen molar-refractivity contribution in [1.29, 1.82) is 0 Å². The van der Waals surface area contributed by atoms with Crippen LogP contribution in [0.3, 0.4) is 0 Å². The molecule has 0 aliphatic carbocycles. The van der Waals surface area contributed by atoms with Gasteiger partial charge in [-0.15, -0.1) is 0 Å². The first-order valence-corrected chi connectivity index (χ1v) is 13.5. The van der Waals surface area contributed by atoms with Gasteiger partial charge in [-0.1, -0.05) is 78.9 Å². The minimum atomic E-state index is -0.847. The molecule has 0 saturated carbocycles. The molecule has 2 N–H and O–H groups in total. The Morgan fingerprint density at radius 2 is 1.58 bits per heavy atom. The third kappa shape index (κ3) is 3.91. The number of piperidine rings is 1. The van der Waals surface area contributed by atoms with Gasteiger partial charge in [0.05, 0.1) is 6.42 Å². The summed E-state index contributed by atoms with van der Waals surface area (Å²) in [7, 11) is 0. The summed E-state index contributed by atoms with van der Waals surface area (Å²) >= 11 is 0. The maximum absolute atomic E-state index is 11.8. The van der Waals surface area contributed by atoms with Gasteiger partial charge < -0.3 is 15.2 Å². The van der Waals surface area contributed by atoms with Gasteiger partial charge >= 0.3 is 5.97 Å². The van der Waals surface area contributed by atoms with Gasteiger partial charge in [-0.25, -0.2) is 0 Å². The first kappa shape index (κ1) is 24.4. The van der Waals surface area contributed by atoms with E-state index >= 15 is 0 Å². The lowest BCUT2D eigenvalue weighted by Crippen LogP contribution is -2.40. The zero-order valence-electron chi connectivity index (χ0n) is 22.0. The molecule has 0 amide bonds. The number of carboxylic acids is 1. The van der Waals surface area contributed by atoms with E-state index in [1.807, 2.05) is 30.3 Å². The molecule has 0 radical (unpaired) electrons. The van der Waals surface area contributed by atoms with Crippen molar-refractivity contribution in [2.75, 3.05) is 13.1 Å². The summed E-state index contributed by atoms with van der Waals surface area (Å²) in [6.07, 6.45) is 2.13. The fourth-order valence-corrected chi connectivity index (χ4v) is 6.56. The SMILES string of the molecule is CC1=C(C)C(c2ccccc2)(c2ccccc2C2CCNCC2)Oc2cc(CC(=O)O)c3ccccc3c21. The van der Waals surface area contributed by atoms with E-state index in [0.29, 0.717) is 5.92 Å². The van der Waals surface area contributed by atoms with Crippen molar-refractivity contribution in [3.63, 3.8) is 0 Å². The highest BCUT2D eigenvalue weighted by Crippen LogP contribution is 2.53. The molecule has 1 saturated heterocycles. The van der Waals surface area contributed by atoms with Crippen molar-refractivity contribution in [3.8, 4) is 5.75 Å². The van der Waals surface area contributed by atoms with Gasteiger partial charge in [0.1, 0.15) is 5.75 Å². The van der Waals surface area contributed by atoms with Crippen molar-refractivity contribution in [2.45, 2.75) is 44.6 Å². The molecule has 4 aromatic rings. The summed E-state index contributed by atoms with van der Waals surface area (Å²) in [6.45, 7) is 6.41. The van der Waals surface area contributed by atoms with Crippen LogP contribution in [0, 0.1) is 0 Å². The van der Waals surface area contributed by atoms with E-state index < -0.39 is 11.6 Å². The molecule has 2 aliphatic heterocycles. The standard InChI is InChI=1S/C34H33NO3/c1-22-23(2)34(26-10-4-3-5-11-26,30-15-9-8-13-28(30)24-16-18-35-19-17-24)38-31-20-25(21-32(36)37)27-12-6-7-14-29(27)33(22)31/h3-15,20,24,35H,16-19,21H2,1-2H3,(H,36,37). The summed E-state index contributed by atoms with van der Waals surface area (Å²) in [5.41, 5.74) is 6.93. The fourth-order valence-electron chi connectivity index (χ4n) is 6.56. The van der Waals surface area contributed by atoms with Gasteiger partial charge in [-0.2, -0.15) is 0 Å². The lowest BCUT2D eigenvalue weighted by Gasteiger charge is -2.44. The van der Waals surface area contributed by atoms with E-state index in [4.69, 9.17) is 4.74 Å². The number of ether oxygens (including phenoxy) is 1. The summed E-state index contributed by atoms with van der Waals surface area (Å²) in [4.78, 5) is 11.8. The summed E-state index contributed by atoms with van der Waals surface area (Å²) in [5.74, 6) is 0.345. The van der Waals surface area contributed by atoms with Gasteiger partial charge in [-0.05, 0) is 84.8 Å². The van der Waals surface area contributed by atoms with Crippen LogP contribution in [-0.2, 0) is 16.8 Å². The minimum Gasteiger partial charge on any atom is -0.481 e. The van der Waals surface area contributed by atoms with Crippen LogP contribution < -0.4 is 10.1 Å². The van der Waals surface area contributed by atoms with Crippen molar-refractivity contribution in [2.24, 2.45) is 0 Å². The van der Waals surface area contributed by atoms with E-state index in [2.05, 4.69) is 73.8 Å². The van der Waals surface area contributed by atoms with Crippen LogP contribution in [0.5, 0.6) is 5.75 Å². The molecule has 192 valence electrons. The molecule has 1 atom stereocenters. The number of nitrogens with one attached hydrogen (secondary N) is 1. The Bertz CT molecular complexity index is 1550. The van der Waals surface area contributed by atoms with Gasteiger partial charge in [0.2, 0.25) is 0 Å². The predicted molar refractivity (Wildman–Crippen MR) is 153 cm³/mol. The Morgan fingerprint density at radius 3 is 2.32 bits per heavy atom. The van der Waals surface area contributed by atoms with E-state index in [1.165, 1.54) is 16.7 Å². The highest BCUT2D eigenvalue weighted by molar-refractivity contribution is 6.01. The lowest BCUT2D eigenvalue weighted by atomic mass is 9.71. The minimum absolute atomic E-state index is 0.0527. The number of fused-ring (bicyclic) bond motifs is 3. The largest absolute Gasteiger partial charge is 0.481 e. The third-order valence-electron chi connectivity index (χ3n) is 8.46. The first-order valence-electron chi connectivity index (χ1n) is 13.5. The Labute approximate surface area is 224 Å². The second-order valence-corrected chi connectivity index (χ2v) is 10.5. The van der Waals surface area contributed by atoms with Crippen LogP contribution in [0.4, 0.5) is 0 Å². The van der Waals surface area contributed by atoms with E-state index in [1.54, 1.807) is 0 Å². The van der Waals surface area contributed by atoms with E-state index in [-0.39, 0.29) is 6.42 Å². The smallest absolute Gasteiger partial charge is 0.307 e. The van der Waals surface area contributed by atoms with Crippen molar-refractivity contribution < 1.29 is 14.6 Å². The Balaban J connectivity index is 1.65. The number of hydrogen-bond donors (Lipinski definition) is 2. The fraction of sp³-hybridized carbons (Fsp3) is 0.265. The van der Waals surface area contributed by atoms with Crippen LogP contribution in [0.2, 0.25) is 0 Å². The van der Waals surface area contributed by atoms with Crippen LogP contribution in [0.1, 0.15) is 60.4 Å². The molecule has 2 heterocycles. The highest BCUT2D eigenvalue weighted by Gasteiger charge is 2.45. The molecule has 6 rings (SSSR count). The topological polar surface area (TPSA) is 58.6 Å². The number of aliphatic carboxylic acids is 1. The quantitative estimate of drug-likeness (QED) is 0.306. The number of hydrogen-bond acceptors (Lipinski definition) is 3. The molecule has 4 nitrogen and oxygen atoms in total. The molecule has 4 heteroatoms. The second kappa shape index (κ2) is 9.77. The number of rotatable bonds is 5. The third-order valence-corrected chi connectivity index (χ3v) is 8.46. The first-order chi connectivity index (χ1) is 18.5. The molecule has 1 fully saturated rings. The molecular weight excluding hydrogens is 470 g/mol. The molecular formula is C34H33NO3. The maximum atomic E-state index is 11.8. The maximum Gasteiger partial charge on any atom is 0.307 e. The average molecular weight is 504 g/mol. The Morgan fingerprint density at radius 1 is 0.921 bits per heavy atom. The summed E-state index contributed by atoms with van der Waals surface area (Å²) < 4.78 is 7.27. The van der Waals surface area contributed by atoms with Gasteiger partial charge in [0, 0.05) is 16.7 Å².